The minimum absolute atomic E-state index is 0.447. The van der Waals surface area contributed by atoms with Gasteiger partial charge in [-0.2, -0.15) is 0 Å². The lowest BCUT2D eigenvalue weighted by Crippen LogP contribution is -2.48. The Hall–Kier alpha value is -0.600. The van der Waals surface area contributed by atoms with E-state index in [2.05, 4.69) is 64.6 Å². The molecule has 1 nitrogen and oxygen atoms in total. The molecule has 1 N–H and O–H groups in total. The van der Waals surface area contributed by atoms with Crippen LogP contribution in [0, 0.1) is 11.8 Å². The van der Waals surface area contributed by atoms with E-state index in [1.54, 1.807) is 0 Å². The summed E-state index contributed by atoms with van der Waals surface area (Å²) in [5.41, 5.74) is 1.37. The Labute approximate surface area is 111 Å². The van der Waals surface area contributed by atoms with Gasteiger partial charge in [0, 0.05) is 16.6 Å². The quantitative estimate of drug-likeness (QED) is 0.828. The van der Waals surface area contributed by atoms with Crippen LogP contribution in [0.15, 0.2) is 40.9 Å². The summed E-state index contributed by atoms with van der Waals surface area (Å²) >= 11 is 3.48. The number of rotatable bonds is 3. The van der Waals surface area contributed by atoms with Gasteiger partial charge in [-0.05, 0) is 49.3 Å². The zero-order chi connectivity index (χ0) is 11.8. The highest BCUT2D eigenvalue weighted by molar-refractivity contribution is 9.10. The Morgan fingerprint density at radius 1 is 1.29 bits per heavy atom. The molecule has 1 saturated carbocycles. The number of nitrogens with one attached hydrogen (secondary N) is 1. The smallest absolute Gasteiger partial charge is 0.0294 e. The molecular formula is C15H18BrN. The van der Waals surface area contributed by atoms with Gasteiger partial charge in [0.25, 0.3) is 0 Å². The largest absolute Gasteiger partial charge is 0.307 e. The first-order valence-electron chi connectivity index (χ1n) is 6.42. The molecule has 0 bridgehead atoms. The Balaban J connectivity index is 1.62. The Morgan fingerprint density at radius 3 is 2.76 bits per heavy atom. The lowest BCUT2D eigenvalue weighted by molar-refractivity contribution is 0.152. The molecule has 0 aliphatic heterocycles. The molecule has 2 aliphatic rings. The highest BCUT2D eigenvalue weighted by Gasteiger charge is 2.41. The third-order valence-electron chi connectivity index (χ3n) is 4.20. The molecule has 3 rings (SSSR count). The first-order valence-corrected chi connectivity index (χ1v) is 7.21. The maximum atomic E-state index is 3.76. The van der Waals surface area contributed by atoms with E-state index in [1.165, 1.54) is 18.4 Å². The third kappa shape index (κ3) is 2.21. The highest BCUT2D eigenvalue weighted by Crippen LogP contribution is 2.43. The van der Waals surface area contributed by atoms with Crippen LogP contribution >= 0.6 is 15.9 Å². The number of hydrogen-bond donors (Lipinski definition) is 1. The van der Waals surface area contributed by atoms with Crippen LogP contribution in [0.25, 0.3) is 0 Å². The van der Waals surface area contributed by atoms with E-state index in [1.807, 2.05) is 0 Å². The van der Waals surface area contributed by atoms with E-state index in [9.17, 15) is 0 Å². The van der Waals surface area contributed by atoms with Crippen LogP contribution in [-0.4, -0.2) is 6.04 Å². The van der Waals surface area contributed by atoms with Gasteiger partial charge in [-0.25, -0.2) is 0 Å². The van der Waals surface area contributed by atoms with Crippen molar-refractivity contribution in [2.45, 2.75) is 31.8 Å². The molecule has 0 saturated heterocycles. The standard InChI is InChI=1S/C15H18BrN/c1-10(11-5-7-13(16)8-6-11)17-15-9-12-3-2-4-14(12)15/h2,4-8,10,12,14-15,17H,3,9H2,1H3. The van der Waals surface area contributed by atoms with Crippen molar-refractivity contribution in [3.05, 3.63) is 46.5 Å². The summed E-state index contributed by atoms with van der Waals surface area (Å²) in [5, 5.41) is 3.76. The Kier molecular flexibility index (Phi) is 3.10. The van der Waals surface area contributed by atoms with Crippen molar-refractivity contribution in [2.24, 2.45) is 11.8 Å². The van der Waals surface area contributed by atoms with Gasteiger partial charge in [-0.1, -0.05) is 40.2 Å². The minimum atomic E-state index is 0.447. The van der Waals surface area contributed by atoms with E-state index in [4.69, 9.17) is 0 Å². The van der Waals surface area contributed by atoms with Gasteiger partial charge in [0.15, 0.2) is 0 Å². The molecule has 1 fully saturated rings. The first kappa shape index (κ1) is 11.5. The average Bonchev–Trinajstić information content (AvgIpc) is 2.68. The van der Waals surface area contributed by atoms with Gasteiger partial charge in [-0.15, -0.1) is 0 Å². The van der Waals surface area contributed by atoms with Crippen LogP contribution in [0.2, 0.25) is 0 Å². The summed E-state index contributed by atoms with van der Waals surface area (Å²) < 4.78 is 1.15. The lowest BCUT2D eigenvalue weighted by atomic mass is 9.71. The van der Waals surface area contributed by atoms with Crippen LogP contribution in [0.3, 0.4) is 0 Å². The second-order valence-corrected chi connectivity index (χ2v) is 6.20. The molecule has 4 atom stereocenters. The summed E-state index contributed by atoms with van der Waals surface area (Å²) in [4.78, 5) is 0. The topological polar surface area (TPSA) is 12.0 Å². The van der Waals surface area contributed by atoms with E-state index in [-0.39, 0.29) is 0 Å². The maximum Gasteiger partial charge on any atom is 0.0294 e. The molecule has 90 valence electrons. The molecule has 0 radical (unpaired) electrons. The number of allylic oxidation sites excluding steroid dienone is 1. The first-order chi connectivity index (χ1) is 8.24. The molecule has 4 unspecified atom stereocenters. The van der Waals surface area contributed by atoms with Crippen LogP contribution in [0.1, 0.15) is 31.4 Å². The van der Waals surface area contributed by atoms with Crippen LogP contribution in [-0.2, 0) is 0 Å². The fraction of sp³-hybridized carbons (Fsp3) is 0.467. The molecule has 0 spiro atoms. The van der Waals surface area contributed by atoms with E-state index in [0.717, 1.165) is 16.3 Å². The molecule has 0 amide bonds. The van der Waals surface area contributed by atoms with E-state index in [0.29, 0.717) is 12.1 Å². The van der Waals surface area contributed by atoms with Gasteiger partial charge < -0.3 is 5.32 Å². The van der Waals surface area contributed by atoms with Gasteiger partial charge in [0.05, 0.1) is 0 Å². The second-order valence-electron chi connectivity index (χ2n) is 5.28. The summed E-state index contributed by atoms with van der Waals surface area (Å²) in [5.74, 6) is 1.73. The molecule has 0 heterocycles. The number of hydrogen-bond acceptors (Lipinski definition) is 1. The van der Waals surface area contributed by atoms with Gasteiger partial charge in [0.1, 0.15) is 0 Å². The fourth-order valence-electron chi connectivity index (χ4n) is 3.08. The van der Waals surface area contributed by atoms with Crippen molar-refractivity contribution in [2.75, 3.05) is 0 Å². The molecule has 0 aromatic heterocycles. The fourth-order valence-corrected chi connectivity index (χ4v) is 3.34. The second kappa shape index (κ2) is 4.58. The monoisotopic (exact) mass is 291 g/mol. The zero-order valence-electron chi connectivity index (χ0n) is 10.1. The Bertz CT molecular complexity index is 423. The van der Waals surface area contributed by atoms with Crippen LogP contribution in [0.4, 0.5) is 0 Å². The zero-order valence-corrected chi connectivity index (χ0v) is 11.7. The number of benzene rings is 1. The summed E-state index contributed by atoms with van der Waals surface area (Å²) in [6.45, 7) is 2.26. The van der Waals surface area contributed by atoms with Gasteiger partial charge in [0.2, 0.25) is 0 Å². The lowest BCUT2D eigenvalue weighted by Gasteiger charge is -2.42. The van der Waals surface area contributed by atoms with Crippen LogP contribution in [0.5, 0.6) is 0 Å². The summed E-state index contributed by atoms with van der Waals surface area (Å²) in [6, 6.07) is 9.77. The normalized spacial score (nSPS) is 32.0. The molecular weight excluding hydrogens is 274 g/mol. The summed E-state index contributed by atoms with van der Waals surface area (Å²) in [6.07, 6.45) is 7.40. The van der Waals surface area contributed by atoms with Crippen molar-refractivity contribution in [1.82, 2.24) is 5.32 Å². The molecule has 17 heavy (non-hydrogen) atoms. The van der Waals surface area contributed by atoms with Gasteiger partial charge >= 0.3 is 0 Å². The van der Waals surface area contributed by atoms with Gasteiger partial charge in [-0.3, -0.25) is 0 Å². The summed E-state index contributed by atoms with van der Waals surface area (Å²) in [7, 11) is 0. The van der Waals surface area contributed by atoms with Crippen molar-refractivity contribution in [3.8, 4) is 0 Å². The van der Waals surface area contributed by atoms with Crippen molar-refractivity contribution in [3.63, 3.8) is 0 Å². The van der Waals surface area contributed by atoms with Crippen LogP contribution < -0.4 is 5.32 Å². The van der Waals surface area contributed by atoms with E-state index >= 15 is 0 Å². The molecule has 1 aromatic carbocycles. The van der Waals surface area contributed by atoms with Crippen molar-refractivity contribution >= 4 is 15.9 Å². The molecule has 2 aliphatic carbocycles. The predicted octanol–water partition coefficient (Wildman–Crippen LogP) is 4.06. The third-order valence-corrected chi connectivity index (χ3v) is 4.73. The predicted molar refractivity (Wildman–Crippen MR) is 74.8 cm³/mol. The average molecular weight is 292 g/mol. The SMILES string of the molecule is CC(NC1CC2CC=CC21)c1ccc(Br)cc1. The molecule has 1 aromatic rings. The number of halogens is 1. The molecule has 2 heteroatoms. The van der Waals surface area contributed by atoms with Crippen molar-refractivity contribution in [1.29, 1.82) is 0 Å². The van der Waals surface area contributed by atoms with E-state index < -0.39 is 0 Å². The minimum Gasteiger partial charge on any atom is -0.307 e. The maximum absolute atomic E-state index is 3.76. The van der Waals surface area contributed by atoms with Crippen molar-refractivity contribution < 1.29 is 0 Å². The number of fused-ring (bicyclic) bond motifs is 1. The highest BCUT2D eigenvalue weighted by atomic mass is 79.9. The Morgan fingerprint density at radius 2 is 2.06 bits per heavy atom.